The van der Waals surface area contributed by atoms with Gasteiger partial charge in [-0.2, -0.15) is 0 Å². The lowest BCUT2D eigenvalue weighted by atomic mass is 9.93. The lowest BCUT2D eigenvalue weighted by molar-refractivity contribution is -0.0919. The highest BCUT2D eigenvalue weighted by atomic mass is 27.3. The fourth-order valence-electron chi connectivity index (χ4n) is 4.80. The maximum absolute atomic E-state index is 7.05. The van der Waals surface area contributed by atoms with E-state index in [0.717, 1.165) is 38.5 Å². The first kappa shape index (κ1) is 34.4. The second kappa shape index (κ2) is 19.5. The van der Waals surface area contributed by atoms with Crippen molar-refractivity contribution in [1.29, 1.82) is 0 Å². The smallest absolute Gasteiger partial charge is 0.449 e. The van der Waals surface area contributed by atoms with Crippen LogP contribution >= 0.6 is 0 Å². The standard InChI is InChI=1S/3C10H21O.Al/c3*1-4-6-8-10(3,11)9-7-5-2;/h3*4-9H2,1-3H3;/q3*-1;+3. The SMILES string of the molecule is CCCCC(C)(CCCC)[O][Al]([O]C(C)(CCCC)CCCC)[O]C(C)(CCCC)CCCC. The lowest BCUT2D eigenvalue weighted by Gasteiger charge is -2.41. The Balaban J connectivity index is 5.95. The van der Waals surface area contributed by atoms with Crippen molar-refractivity contribution in [2.24, 2.45) is 0 Å². The van der Waals surface area contributed by atoms with Gasteiger partial charge in [0.25, 0.3) is 0 Å². The topological polar surface area (TPSA) is 27.7 Å². The first-order valence-electron chi connectivity index (χ1n) is 15.2. The molecule has 0 heterocycles. The number of rotatable bonds is 24. The molecule has 3 nitrogen and oxygen atoms in total. The molecule has 0 aromatic rings. The second-order valence-electron chi connectivity index (χ2n) is 11.6. The van der Waals surface area contributed by atoms with Gasteiger partial charge in [0.15, 0.2) is 0 Å². The van der Waals surface area contributed by atoms with E-state index in [1.807, 2.05) is 0 Å². The van der Waals surface area contributed by atoms with Gasteiger partial charge in [-0.1, -0.05) is 119 Å². The van der Waals surface area contributed by atoms with Gasteiger partial charge in [-0.3, -0.25) is 0 Å². The summed E-state index contributed by atoms with van der Waals surface area (Å²) in [5.74, 6) is 0. The lowest BCUT2D eigenvalue weighted by Crippen LogP contribution is -2.49. The van der Waals surface area contributed by atoms with Gasteiger partial charge in [-0.15, -0.1) is 0 Å². The van der Waals surface area contributed by atoms with Crippen molar-refractivity contribution in [3.05, 3.63) is 0 Å². The van der Waals surface area contributed by atoms with Gasteiger partial charge in [0.05, 0.1) is 0 Å². The van der Waals surface area contributed by atoms with Crippen LogP contribution in [0.25, 0.3) is 0 Å². The molecule has 0 spiro atoms. The van der Waals surface area contributed by atoms with E-state index in [-0.39, 0.29) is 16.8 Å². The van der Waals surface area contributed by atoms with Crippen molar-refractivity contribution in [3.63, 3.8) is 0 Å². The summed E-state index contributed by atoms with van der Waals surface area (Å²) in [5.41, 5.74) is -0.429. The fourth-order valence-corrected chi connectivity index (χ4v) is 7.05. The van der Waals surface area contributed by atoms with E-state index >= 15 is 0 Å². The van der Waals surface area contributed by atoms with Crippen LogP contribution in [0.4, 0.5) is 0 Å². The van der Waals surface area contributed by atoms with E-state index in [1.54, 1.807) is 0 Å². The Bertz CT molecular complexity index is 377. The van der Waals surface area contributed by atoms with E-state index in [1.165, 1.54) is 77.0 Å². The normalized spacial score (nSPS) is 13.0. The largest absolute Gasteiger partial charge is 0.906 e. The second-order valence-corrected chi connectivity index (χ2v) is 12.9. The molecule has 0 saturated heterocycles. The molecule has 34 heavy (non-hydrogen) atoms. The molecule has 0 aliphatic rings. The molecular formula is C30H63AlO3. The van der Waals surface area contributed by atoms with Gasteiger partial charge < -0.3 is 11.4 Å². The van der Waals surface area contributed by atoms with Crippen LogP contribution in [-0.4, -0.2) is 32.0 Å². The third-order valence-corrected chi connectivity index (χ3v) is 9.78. The minimum absolute atomic E-state index is 0.143. The summed E-state index contributed by atoms with van der Waals surface area (Å²) in [7, 11) is 0. The van der Waals surface area contributed by atoms with E-state index < -0.39 is 15.1 Å². The van der Waals surface area contributed by atoms with Gasteiger partial charge >= 0.3 is 15.1 Å². The predicted octanol–water partition coefficient (Wildman–Crippen LogP) is 10.4. The molecule has 0 radical (unpaired) electrons. The Morgan fingerprint density at radius 3 is 0.706 bits per heavy atom. The molecule has 0 N–H and O–H groups in total. The zero-order valence-electron chi connectivity index (χ0n) is 25.0. The Labute approximate surface area is 220 Å². The summed E-state index contributed by atoms with van der Waals surface area (Å²) in [6.45, 7) is 20.7. The molecule has 4 heteroatoms. The Hall–Kier alpha value is 0.412. The first-order valence-corrected chi connectivity index (χ1v) is 16.6. The van der Waals surface area contributed by atoms with Crippen LogP contribution in [0.1, 0.15) is 178 Å². The molecule has 0 bridgehead atoms. The highest BCUT2D eigenvalue weighted by Gasteiger charge is 2.47. The van der Waals surface area contributed by atoms with Crippen molar-refractivity contribution >= 4 is 15.1 Å². The molecule has 0 unspecified atom stereocenters. The van der Waals surface area contributed by atoms with E-state index in [2.05, 4.69) is 62.3 Å². The van der Waals surface area contributed by atoms with Crippen molar-refractivity contribution in [2.75, 3.05) is 0 Å². The van der Waals surface area contributed by atoms with Gasteiger partial charge in [-0.25, -0.2) is 0 Å². The van der Waals surface area contributed by atoms with Crippen LogP contribution < -0.4 is 0 Å². The van der Waals surface area contributed by atoms with Crippen molar-refractivity contribution in [1.82, 2.24) is 0 Å². The highest BCUT2D eigenvalue weighted by Crippen LogP contribution is 2.34. The Kier molecular flexibility index (Phi) is 19.8. The van der Waals surface area contributed by atoms with E-state index in [9.17, 15) is 0 Å². The molecule has 0 aromatic heterocycles. The third-order valence-electron chi connectivity index (χ3n) is 7.50. The van der Waals surface area contributed by atoms with Gasteiger partial charge in [0.2, 0.25) is 0 Å². The summed E-state index contributed by atoms with van der Waals surface area (Å²) in [5, 5.41) is 0. The third kappa shape index (κ3) is 15.5. The number of unbranched alkanes of at least 4 members (excludes halogenated alkanes) is 6. The van der Waals surface area contributed by atoms with Crippen LogP contribution in [-0.2, 0) is 11.4 Å². The fraction of sp³-hybridized carbons (Fsp3) is 1.00. The summed E-state index contributed by atoms with van der Waals surface area (Å²) in [4.78, 5) is 0. The molecule has 0 atom stereocenters. The van der Waals surface area contributed by atoms with Crippen molar-refractivity contribution < 1.29 is 11.4 Å². The Morgan fingerprint density at radius 2 is 0.559 bits per heavy atom. The first-order chi connectivity index (χ1) is 16.1. The molecule has 0 fully saturated rings. The quantitative estimate of drug-likeness (QED) is 0.124. The minimum Gasteiger partial charge on any atom is -0.449 e. The number of hydrogen-bond donors (Lipinski definition) is 0. The molecule has 0 amide bonds. The van der Waals surface area contributed by atoms with Crippen LogP contribution in [0.15, 0.2) is 0 Å². The van der Waals surface area contributed by atoms with Crippen LogP contribution in [0, 0.1) is 0 Å². The zero-order chi connectivity index (χ0) is 25.9. The molecule has 0 aromatic carbocycles. The van der Waals surface area contributed by atoms with E-state index in [4.69, 9.17) is 11.4 Å². The maximum atomic E-state index is 7.05. The van der Waals surface area contributed by atoms with E-state index in [0.29, 0.717) is 0 Å². The minimum atomic E-state index is -2.36. The zero-order valence-corrected chi connectivity index (χ0v) is 26.2. The Morgan fingerprint density at radius 1 is 0.382 bits per heavy atom. The molecule has 0 aliphatic carbocycles. The van der Waals surface area contributed by atoms with Gasteiger partial charge in [0, 0.05) is 16.8 Å². The van der Waals surface area contributed by atoms with Crippen LogP contribution in [0.5, 0.6) is 0 Å². The van der Waals surface area contributed by atoms with Gasteiger partial charge in [0.1, 0.15) is 0 Å². The highest BCUT2D eigenvalue weighted by molar-refractivity contribution is 6.36. The molecule has 0 aliphatic heterocycles. The molecule has 0 saturated carbocycles. The molecule has 0 rings (SSSR count). The van der Waals surface area contributed by atoms with Crippen LogP contribution in [0.2, 0.25) is 0 Å². The summed E-state index contributed by atoms with van der Waals surface area (Å²) in [6, 6.07) is 0. The van der Waals surface area contributed by atoms with Gasteiger partial charge in [-0.05, 0) is 59.3 Å². The van der Waals surface area contributed by atoms with Crippen molar-refractivity contribution in [3.8, 4) is 0 Å². The summed E-state index contributed by atoms with van der Waals surface area (Å²) in [6.07, 6.45) is 21.0. The number of hydrogen-bond acceptors (Lipinski definition) is 3. The monoisotopic (exact) mass is 498 g/mol. The molecular weight excluding hydrogens is 435 g/mol. The summed E-state index contributed by atoms with van der Waals surface area (Å²) < 4.78 is 21.1. The predicted molar refractivity (Wildman–Crippen MR) is 151 cm³/mol. The van der Waals surface area contributed by atoms with Crippen molar-refractivity contribution in [2.45, 2.75) is 195 Å². The molecule has 204 valence electrons. The summed E-state index contributed by atoms with van der Waals surface area (Å²) >= 11 is -2.36. The average molecular weight is 499 g/mol. The van der Waals surface area contributed by atoms with Crippen LogP contribution in [0.3, 0.4) is 0 Å². The average Bonchev–Trinajstić information content (AvgIpc) is 2.81. The maximum Gasteiger partial charge on any atom is 0.906 e.